The second-order valence-corrected chi connectivity index (χ2v) is 8.16. The van der Waals surface area contributed by atoms with Crippen molar-refractivity contribution in [1.29, 1.82) is 0 Å². The molecule has 7 heteroatoms. The standard InChI is InChI=1S/C18H20N2O4S/c1-20(2)25(22,23)14-9-7-13(8-10-14)18(21)19-16-11-12-24-17-6-4-3-5-15(16)17/h3-10,16H,11-12H2,1-2H3,(H,19,21). The average molecular weight is 360 g/mol. The number of benzene rings is 2. The van der Waals surface area contributed by atoms with Crippen LogP contribution in [0.2, 0.25) is 0 Å². The number of ether oxygens (including phenoxy) is 1. The summed E-state index contributed by atoms with van der Waals surface area (Å²) in [6.45, 7) is 0.544. The fourth-order valence-electron chi connectivity index (χ4n) is 2.72. The number of rotatable bonds is 4. The van der Waals surface area contributed by atoms with Gasteiger partial charge >= 0.3 is 0 Å². The van der Waals surface area contributed by atoms with Gasteiger partial charge in [-0.3, -0.25) is 4.79 Å². The molecule has 3 rings (SSSR count). The summed E-state index contributed by atoms with van der Waals surface area (Å²) in [6.07, 6.45) is 0.690. The Labute approximate surface area is 147 Å². The van der Waals surface area contributed by atoms with Gasteiger partial charge in [-0.2, -0.15) is 0 Å². The van der Waals surface area contributed by atoms with Crippen LogP contribution in [0.15, 0.2) is 53.4 Å². The summed E-state index contributed by atoms with van der Waals surface area (Å²) in [5, 5.41) is 2.99. The summed E-state index contributed by atoms with van der Waals surface area (Å²) in [6, 6.07) is 13.4. The molecule has 0 aromatic heterocycles. The Balaban J connectivity index is 1.77. The van der Waals surface area contributed by atoms with Gasteiger partial charge < -0.3 is 10.1 Å². The highest BCUT2D eigenvalue weighted by Crippen LogP contribution is 2.31. The monoisotopic (exact) mass is 360 g/mol. The molecule has 1 atom stereocenters. The smallest absolute Gasteiger partial charge is 0.251 e. The van der Waals surface area contributed by atoms with Crippen LogP contribution in [0, 0.1) is 0 Å². The summed E-state index contributed by atoms with van der Waals surface area (Å²) in [7, 11) is -0.560. The van der Waals surface area contributed by atoms with E-state index in [1.165, 1.54) is 38.4 Å². The molecule has 0 bridgehead atoms. The molecular weight excluding hydrogens is 340 g/mol. The van der Waals surface area contributed by atoms with Crippen LogP contribution in [-0.2, 0) is 10.0 Å². The Hall–Kier alpha value is -2.38. The molecule has 6 nitrogen and oxygen atoms in total. The maximum absolute atomic E-state index is 12.5. The van der Waals surface area contributed by atoms with E-state index in [2.05, 4.69) is 5.32 Å². The minimum atomic E-state index is -3.50. The Kier molecular flexibility index (Phi) is 4.78. The Morgan fingerprint density at radius 1 is 1.12 bits per heavy atom. The molecule has 1 unspecified atom stereocenters. The van der Waals surface area contributed by atoms with Crippen LogP contribution in [0.25, 0.3) is 0 Å². The summed E-state index contributed by atoms with van der Waals surface area (Å²) in [4.78, 5) is 12.7. The van der Waals surface area contributed by atoms with Crippen LogP contribution in [0.5, 0.6) is 5.75 Å². The molecule has 1 amide bonds. The van der Waals surface area contributed by atoms with Crippen LogP contribution >= 0.6 is 0 Å². The third-order valence-electron chi connectivity index (χ3n) is 4.16. The van der Waals surface area contributed by atoms with Crippen molar-refractivity contribution in [2.45, 2.75) is 17.4 Å². The van der Waals surface area contributed by atoms with E-state index in [1.807, 2.05) is 24.3 Å². The van der Waals surface area contributed by atoms with Crippen LogP contribution in [0.4, 0.5) is 0 Å². The summed E-state index contributed by atoms with van der Waals surface area (Å²) < 4.78 is 30.9. The third kappa shape index (κ3) is 3.52. The van der Waals surface area contributed by atoms with Gasteiger partial charge in [-0.25, -0.2) is 12.7 Å². The van der Waals surface area contributed by atoms with Gasteiger partial charge in [-0.05, 0) is 30.3 Å². The topological polar surface area (TPSA) is 75.7 Å². The maximum Gasteiger partial charge on any atom is 0.251 e. The molecule has 1 heterocycles. The molecule has 0 aliphatic carbocycles. The van der Waals surface area contributed by atoms with E-state index in [0.29, 0.717) is 18.6 Å². The number of nitrogens with zero attached hydrogens (tertiary/aromatic N) is 1. The highest BCUT2D eigenvalue weighted by atomic mass is 32.2. The van der Waals surface area contributed by atoms with Crippen molar-refractivity contribution in [1.82, 2.24) is 9.62 Å². The largest absolute Gasteiger partial charge is 0.493 e. The quantitative estimate of drug-likeness (QED) is 0.907. The van der Waals surface area contributed by atoms with Crippen molar-refractivity contribution in [3.63, 3.8) is 0 Å². The van der Waals surface area contributed by atoms with Crippen molar-refractivity contribution in [3.8, 4) is 5.75 Å². The number of hydrogen-bond acceptors (Lipinski definition) is 4. The van der Waals surface area contributed by atoms with E-state index in [4.69, 9.17) is 4.74 Å². The second-order valence-electron chi connectivity index (χ2n) is 6.01. The number of carbonyl (C=O) groups excluding carboxylic acids is 1. The van der Waals surface area contributed by atoms with Gasteiger partial charge in [0.1, 0.15) is 5.75 Å². The van der Waals surface area contributed by atoms with Crippen molar-refractivity contribution >= 4 is 15.9 Å². The van der Waals surface area contributed by atoms with Gasteiger partial charge in [0.2, 0.25) is 10.0 Å². The Bertz CT molecular complexity index is 876. The van der Waals surface area contributed by atoms with Gasteiger partial charge in [0.25, 0.3) is 5.91 Å². The van der Waals surface area contributed by atoms with E-state index >= 15 is 0 Å². The lowest BCUT2D eigenvalue weighted by molar-refractivity contribution is 0.0924. The fourth-order valence-corrected chi connectivity index (χ4v) is 3.62. The number of nitrogens with one attached hydrogen (secondary N) is 1. The fraction of sp³-hybridized carbons (Fsp3) is 0.278. The summed E-state index contributed by atoms with van der Waals surface area (Å²) in [5.41, 5.74) is 1.37. The summed E-state index contributed by atoms with van der Waals surface area (Å²) >= 11 is 0. The van der Waals surface area contributed by atoms with E-state index in [-0.39, 0.29) is 16.8 Å². The van der Waals surface area contributed by atoms with E-state index in [1.54, 1.807) is 0 Å². The molecule has 0 saturated carbocycles. The molecule has 0 saturated heterocycles. The summed E-state index contributed by atoms with van der Waals surface area (Å²) in [5.74, 6) is 0.543. The predicted octanol–water partition coefficient (Wildman–Crippen LogP) is 2.19. The molecule has 2 aromatic rings. The molecule has 1 aliphatic rings. The Morgan fingerprint density at radius 2 is 1.80 bits per heavy atom. The van der Waals surface area contributed by atoms with Crippen LogP contribution in [-0.4, -0.2) is 39.3 Å². The first kappa shape index (κ1) is 17.4. The normalized spacial score (nSPS) is 16.8. The van der Waals surface area contributed by atoms with Gasteiger partial charge in [0.05, 0.1) is 17.5 Å². The van der Waals surface area contributed by atoms with E-state index in [0.717, 1.165) is 15.6 Å². The highest BCUT2D eigenvalue weighted by Gasteiger charge is 2.23. The van der Waals surface area contributed by atoms with Crippen molar-refractivity contribution < 1.29 is 17.9 Å². The number of carbonyl (C=O) groups is 1. The van der Waals surface area contributed by atoms with Crippen molar-refractivity contribution in [2.24, 2.45) is 0 Å². The number of amides is 1. The molecule has 0 spiro atoms. The van der Waals surface area contributed by atoms with Crippen LogP contribution in [0.1, 0.15) is 28.4 Å². The van der Waals surface area contributed by atoms with Crippen LogP contribution in [0.3, 0.4) is 0 Å². The number of sulfonamides is 1. The number of hydrogen-bond donors (Lipinski definition) is 1. The lowest BCUT2D eigenvalue weighted by Gasteiger charge is -2.26. The van der Waals surface area contributed by atoms with Crippen molar-refractivity contribution in [3.05, 3.63) is 59.7 Å². The second kappa shape index (κ2) is 6.85. The molecule has 0 fully saturated rings. The third-order valence-corrected chi connectivity index (χ3v) is 5.99. The molecule has 25 heavy (non-hydrogen) atoms. The van der Waals surface area contributed by atoms with Crippen molar-refractivity contribution in [2.75, 3.05) is 20.7 Å². The van der Waals surface area contributed by atoms with Gasteiger partial charge in [0.15, 0.2) is 0 Å². The molecule has 132 valence electrons. The molecule has 1 N–H and O–H groups in total. The SMILES string of the molecule is CN(C)S(=O)(=O)c1ccc(C(=O)NC2CCOc3ccccc32)cc1. The minimum absolute atomic E-state index is 0.123. The van der Waals surface area contributed by atoms with Gasteiger partial charge in [0, 0.05) is 31.6 Å². The van der Waals surface area contributed by atoms with Crippen LogP contribution < -0.4 is 10.1 Å². The first-order valence-electron chi connectivity index (χ1n) is 7.95. The first-order valence-corrected chi connectivity index (χ1v) is 9.39. The zero-order chi connectivity index (χ0) is 18.0. The lowest BCUT2D eigenvalue weighted by atomic mass is 10.00. The lowest BCUT2D eigenvalue weighted by Crippen LogP contribution is -2.32. The maximum atomic E-state index is 12.5. The first-order chi connectivity index (χ1) is 11.9. The zero-order valence-corrected chi connectivity index (χ0v) is 14.9. The Morgan fingerprint density at radius 3 is 2.48 bits per heavy atom. The van der Waals surface area contributed by atoms with E-state index < -0.39 is 10.0 Å². The molecular formula is C18H20N2O4S. The highest BCUT2D eigenvalue weighted by molar-refractivity contribution is 7.89. The molecule has 2 aromatic carbocycles. The van der Waals surface area contributed by atoms with Gasteiger partial charge in [-0.1, -0.05) is 18.2 Å². The predicted molar refractivity (Wildman–Crippen MR) is 94.1 cm³/mol. The average Bonchev–Trinajstić information content (AvgIpc) is 2.62. The number of fused-ring (bicyclic) bond motifs is 1. The molecule has 0 radical (unpaired) electrons. The zero-order valence-electron chi connectivity index (χ0n) is 14.1. The van der Waals surface area contributed by atoms with E-state index in [9.17, 15) is 13.2 Å². The van der Waals surface area contributed by atoms with Gasteiger partial charge in [-0.15, -0.1) is 0 Å². The number of para-hydroxylation sites is 1. The molecule has 1 aliphatic heterocycles. The minimum Gasteiger partial charge on any atom is -0.493 e.